The fourth-order valence-corrected chi connectivity index (χ4v) is 3.21. The molecule has 0 aromatic carbocycles. The van der Waals surface area contributed by atoms with Crippen LogP contribution in [-0.4, -0.2) is 15.9 Å². The molecule has 2 aromatic heterocycles. The van der Waals surface area contributed by atoms with Gasteiger partial charge in [-0.25, -0.2) is 4.98 Å². The van der Waals surface area contributed by atoms with Crippen LogP contribution in [0.3, 0.4) is 0 Å². The van der Waals surface area contributed by atoms with Gasteiger partial charge in [0.15, 0.2) is 11.3 Å². The number of nitrogens with zero attached hydrogens (tertiary/aromatic N) is 2. The van der Waals surface area contributed by atoms with Crippen molar-refractivity contribution in [3.8, 4) is 0 Å². The molecule has 1 saturated carbocycles. The molecule has 2 heterocycles. The molecule has 1 unspecified atom stereocenters. The van der Waals surface area contributed by atoms with Crippen molar-refractivity contribution in [1.82, 2.24) is 4.98 Å². The van der Waals surface area contributed by atoms with Gasteiger partial charge in [0.2, 0.25) is 0 Å². The van der Waals surface area contributed by atoms with Crippen molar-refractivity contribution < 1.29 is 9.34 Å². The normalized spacial score (nSPS) is 21.3. The Morgan fingerprint density at radius 1 is 1.52 bits per heavy atom. The highest BCUT2D eigenvalue weighted by atomic mass is 16.6. The lowest BCUT2D eigenvalue weighted by atomic mass is 9.75. The smallest absolute Gasteiger partial charge is 0.314 e. The van der Waals surface area contributed by atoms with E-state index in [9.17, 15) is 10.1 Å². The highest BCUT2D eigenvalue weighted by Crippen LogP contribution is 2.39. The van der Waals surface area contributed by atoms with Gasteiger partial charge in [0.05, 0.1) is 11.2 Å². The maximum Gasteiger partial charge on any atom is 0.314 e. The molecule has 1 atom stereocenters. The first-order chi connectivity index (χ1) is 9.96. The van der Waals surface area contributed by atoms with Gasteiger partial charge in [-0.1, -0.05) is 20.3 Å². The van der Waals surface area contributed by atoms with E-state index in [1.807, 2.05) is 0 Å². The standard InChI is InChI=1S/C15H19N3O3/c1-15(2)6-3-4-10(8-15)17-13-12(18(19)20)9-16-11-5-7-21-14(11)13/h5,7,9-10H,3-4,6,8H2,1-2H3,(H,16,17). The summed E-state index contributed by atoms with van der Waals surface area (Å²) >= 11 is 0. The Bertz CT molecular complexity index is 678. The average molecular weight is 289 g/mol. The number of anilines is 1. The molecule has 2 aromatic rings. The molecule has 0 radical (unpaired) electrons. The zero-order valence-electron chi connectivity index (χ0n) is 12.3. The molecular formula is C15H19N3O3. The van der Waals surface area contributed by atoms with Crippen molar-refractivity contribution in [3.05, 3.63) is 28.6 Å². The first kappa shape index (κ1) is 13.9. The summed E-state index contributed by atoms with van der Waals surface area (Å²) in [5.74, 6) is 0. The minimum Gasteiger partial charge on any atom is -0.460 e. The predicted octanol–water partition coefficient (Wildman–Crippen LogP) is 4.12. The second-order valence-corrected chi connectivity index (χ2v) is 6.51. The maximum atomic E-state index is 11.2. The van der Waals surface area contributed by atoms with Gasteiger partial charge in [0.1, 0.15) is 11.7 Å². The Morgan fingerprint density at radius 3 is 3.05 bits per heavy atom. The molecule has 112 valence electrons. The molecule has 0 amide bonds. The summed E-state index contributed by atoms with van der Waals surface area (Å²) in [6.07, 6.45) is 7.15. The number of nitrogens with one attached hydrogen (secondary N) is 1. The second kappa shape index (κ2) is 5.02. The second-order valence-electron chi connectivity index (χ2n) is 6.51. The number of rotatable bonds is 3. The lowest BCUT2D eigenvalue weighted by molar-refractivity contribution is -0.384. The van der Waals surface area contributed by atoms with Crippen LogP contribution in [-0.2, 0) is 0 Å². The number of pyridine rings is 1. The Labute approximate surface area is 122 Å². The minimum absolute atomic E-state index is 0.0270. The SMILES string of the molecule is CC1(C)CCCC(Nc2c([N+](=O)[O-])cnc3ccoc23)C1. The molecule has 0 spiro atoms. The topological polar surface area (TPSA) is 81.2 Å². The Morgan fingerprint density at radius 2 is 2.33 bits per heavy atom. The van der Waals surface area contributed by atoms with Crippen molar-refractivity contribution in [3.63, 3.8) is 0 Å². The van der Waals surface area contributed by atoms with Gasteiger partial charge in [-0.3, -0.25) is 10.1 Å². The largest absolute Gasteiger partial charge is 0.460 e. The zero-order valence-corrected chi connectivity index (χ0v) is 12.3. The molecule has 1 N–H and O–H groups in total. The van der Waals surface area contributed by atoms with E-state index in [2.05, 4.69) is 24.1 Å². The van der Waals surface area contributed by atoms with Crippen molar-refractivity contribution in [2.24, 2.45) is 5.41 Å². The van der Waals surface area contributed by atoms with Gasteiger partial charge >= 0.3 is 5.69 Å². The molecule has 0 aliphatic heterocycles. The van der Waals surface area contributed by atoms with Gasteiger partial charge in [0, 0.05) is 12.1 Å². The van der Waals surface area contributed by atoms with E-state index >= 15 is 0 Å². The number of hydrogen-bond donors (Lipinski definition) is 1. The molecule has 0 bridgehead atoms. The van der Waals surface area contributed by atoms with Crippen molar-refractivity contribution in [2.75, 3.05) is 5.32 Å². The lowest BCUT2D eigenvalue weighted by Crippen LogP contribution is -2.32. The van der Waals surface area contributed by atoms with Crippen molar-refractivity contribution in [2.45, 2.75) is 45.6 Å². The number of furan rings is 1. The Hall–Kier alpha value is -2.11. The molecule has 3 rings (SSSR count). The third kappa shape index (κ3) is 2.70. The van der Waals surface area contributed by atoms with E-state index in [0.29, 0.717) is 16.8 Å². The van der Waals surface area contributed by atoms with Gasteiger partial charge in [-0.05, 0) is 24.7 Å². The van der Waals surface area contributed by atoms with E-state index in [-0.39, 0.29) is 17.1 Å². The summed E-state index contributed by atoms with van der Waals surface area (Å²) in [7, 11) is 0. The van der Waals surface area contributed by atoms with E-state index < -0.39 is 4.92 Å². The Kier molecular flexibility index (Phi) is 3.31. The Balaban J connectivity index is 1.96. The van der Waals surface area contributed by atoms with Gasteiger partial charge in [0.25, 0.3) is 0 Å². The van der Waals surface area contributed by atoms with E-state index in [1.165, 1.54) is 18.9 Å². The van der Waals surface area contributed by atoms with Crippen LogP contribution in [0.15, 0.2) is 22.9 Å². The molecule has 6 nitrogen and oxygen atoms in total. The minimum atomic E-state index is -0.411. The predicted molar refractivity (Wildman–Crippen MR) is 80.3 cm³/mol. The van der Waals surface area contributed by atoms with Gasteiger partial charge in [-0.15, -0.1) is 0 Å². The summed E-state index contributed by atoms with van der Waals surface area (Å²) in [4.78, 5) is 14.9. The fraction of sp³-hybridized carbons (Fsp3) is 0.533. The van der Waals surface area contributed by atoms with Crippen LogP contribution in [0.2, 0.25) is 0 Å². The summed E-state index contributed by atoms with van der Waals surface area (Å²) in [5, 5.41) is 14.6. The van der Waals surface area contributed by atoms with Gasteiger partial charge in [-0.2, -0.15) is 0 Å². The van der Waals surface area contributed by atoms with E-state index in [0.717, 1.165) is 19.3 Å². The third-order valence-electron chi connectivity index (χ3n) is 4.20. The van der Waals surface area contributed by atoms with Crippen LogP contribution in [0.1, 0.15) is 39.5 Å². The van der Waals surface area contributed by atoms with Crippen LogP contribution in [0, 0.1) is 15.5 Å². The van der Waals surface area contributed by atoms with Crippen molar-refractivity contribution in [1.29, 1.82) is 0 Å². The molecule has 1 aliphatic rings. The molecule has 1 aliphatic carbocycles. The molecule has 6 heteroatoms. The van der Waals surface area contributed by atoms with Crippen LogP contribution < -0.4 is 5.32 Å². The highest BCUT2D eigenvalue weighted by molar-refractivity contribution is 5.91. The molecule has 21 heavy (non-hydrogen) atoms. The molecule has 0 saturated heterocycles. The first-order valence-corrected chi connectivity index (χ1v) is 7.23. The monoisotopic (exact) mass is 289 g/mol. The van der Waals surface area contributed by atoms with E-state index in [4.69, 9.17) is 4.42 Å². The maximum absolute atomic E-state index is 11.2. The number of fused-ring (bicyclic) bond motifs is 1. The fourth-order valence-electron chi connectivity index (χ4n) is 3.21. The molecular weight excluding hydrogens is 270 g/mol. The summed E-state index contributed by atoms with van der Waals surface area (Å²) in [5.41, 5.74) is 1.80. The van der Waals surface area contributed by atoms with Crippen LogP contribution >= 0.6 is 0 Å². The van der Waals surface area contributed by atoms with E-state index in [1.54, 1.807) is 6.07 Å². The zero-order chi connectivity index (χ0) is 15.0. The quantitative estimate of drug-likeness (QED) is 0.679. The lowest BCUT2D eigenvalue weighted by Gasteiger charge is -2.35. The summed E-state index contributed by atoms with van der Waals surface area (Å²) in [6, 6.07) is 1.94. The van der Waals surface area contributed by atoms with Gasteiger partial charge < -0.3 is 9.73 Å². The summed E-state index contributed by atoms with van der Waals surface area (Å²) in [6.45, 7) is 4.48. The highest BCUT2D eigenvalue weighted by Gasteiger charge is 2.30. The van der Waals surface area contributed by atoms with Crippen LogP contribution in [0.4, 0.5) is 11.4 Å². The van der Waals surface area contributed by atoms with Crippen LogP contribution in [0.25, 0.3) is 11.1 Å². The number of aromatic nitrogens is 1. The number of nitro groups is 1. The number of hydrogen-bond acceptors (Lipinski definition) is 5. The summed E-state index contributed by atoms with van der Waals surface area (Å²) < 4.78 is 5.40. The third-order valence-corrected chi connectivity index (χ3v) is 4.20. The molecule has 1 fully saturated rings. The first-order valence-electron chi connectivity index (χ1n) is 7.23. The van der Waals surface area contributed by atoms with Crippen molar-refractivity contribution >= 4 is 22.5 Å². The van der Waals surface area contributed by atoms with Crippen LogP contribution in [0.5, 0.6) is 0 Å². The average Bonchev–Trinajstić information content (AvgIpc) is 2.86.